The zero-order chi connectivity index (χ0) is 25.4. The number of aromatic nitrogens is 2. The lowest BCUT2D eigenvalue weighted by atomic mass is 9.99. The van der Waals surface area contributed by atoms with Crippen molar-refractivity contribution in [2.75, 3.05) is 26.2 Å². The lowest BCUT2D eigenvalue weighted by Gasteiger charge is -2.29. The van der Waals surface area contributed by atoms with Crippen molar-refractivity contribution < 1.29 is 14.3 Å². The van der Waals surface area contributed by atoms with Crippen LogP contribution in [-0.2, 0) is 17.8 Å². The summed E-state index contributed by atoms with van der Waals surface area (Å²) in [5.41, 5.74) is 4.53. The molecule has 0 spiro atoms. The Hall–Kier alpha value is -3.88. The van der Waals surface area contributed by atoms with Gasteiger partial charge >= 0.3 is 0 Å². The number of hydrogen-bond donors (Lipinski definition) is 3. The van der Waals surface area contributed by atoms with Crippen molar-refractivity contribution in [3.8, 4) is 16.9 Å². The van der Waals surface area contributed by atoms with E-state index in [4.69, 9.17) is 16.3 Å². The van der Waals surface area contributed by atoms with Gasteiger partial charge in [-0.2, -0.15) is 0 Å². The number of ether oxygens (including phenoxy) is 1. The second kappa shape index (κ2) is 9.88. The molecule has 1 unspecified atom stereocenters. The van der Waals surface area contributed by atoms with Crippen molar-refractivity contribution in [3.63, 3.8) is 0 Å². The molecular weight excluding hydrogens is 490 g/mol. The molecule has 6 rings (SSSR count). The Morgan fingerprint density at radius 1 is 1.08 bits per heavy atom. The Morgan fingerprint density at radius 2 is 1.89 bits per heavy atom. The number of aromatic amines is 1. The summed E-state index contributed by atoms with van der Waals surface area (Å²) in [5, 5.41) is 7.55. The van der Waals surface area contributed by atoms with E-state index in [0.29, 0.717) is 48.2 Å². The molecule has 37 heavy (non-hydrogen) atoms. The van der Waals surface area contributed by atoms with Gasteiger partial charge in [-0.3, -0.25) is 9.59 Å². The maximum Gasteiger partial charge on any atom is 0.268 e. The minimum atomic E-state index is -0.576. The summed E-state index contributed by atoms with van der Waals surface area (Å²) in [6.45, 7) is 3.34. The Labute approximate surface area is 219 Å². The molecule has 2 aliphatic rings. The largest absolute Gasteiger partial charge is 0.479 e. The SMILES string of the molecule is O=C(NCc1ccccc1)c1cc2c(-c3cc(Cl)cc4c3OC(C(=O)N3CCNCC3)C4)ccnc2[nH]1. The summed E-state index contributed by atoms with van der Waals surface area (Å²) in [7, 11) is 0. The van der Waals surface area contributed by atoms with Crippen molar-refractivity contribution in [1.29, 1.82) is 0 Å². The highest BCUT2D eigenvalue weighted by Crippen LogP contribution is 2.43. The number of H-pyrrole nitrogens is 1. The van der Waals surface area contributed by atoms with Crippen LogP contribution in [0, 0.1) is 0 Å². The van der Waals surface area contributed by atoms with Gasteiger partial charge in [0.05, 0.1) is 0 Å². The summed E-state index contributed by atoms with van der Waals surface area (Å²) >= 11 is 6.51. The molecule has 0 radical (unpaired) electrons. The van der Waals surface area contributed by atoms with Gasteiger partial charge in [0.25, 0.3) is 11.8 Å². The monoisotopic (exact) mass is 515 g/mol. The maximum absolute atomic E-state index is 13.1. The van der Waals surface area contributed by atoms with E-state index in [0.717, 1.165) is 40.7 Å². The topological polar surface area (TPSA) is 99.3 Å². The van der Waals surface area contributed by atoms with Gasteiger partial charge in [-0.1, -0.05) is 41.9 Å². The number of rotatable bonds is 5. The van der Waals surface area contributed by atoms with Crippen LogP contribution in [0.3, 0.4) is 0 Å². The molecule has 2 amide bonds. The number of carbonyl (C=O) groups is 2. The molecule has 9 heteroatoms. The Balaban J connectivity index is 1.29. The van der Waals surface area contributed by atoms with Crippen molar-refractivity contribution >= 4 is 34.4 Å². The van der Waals surface area contributed by atoms with Crippen molar-refractivity contribution in [3.05, 3.63) is 82.6 Å². The van der Waals surface area contributed by atoms with E-state index < -0.39 is 6.10 Å². The summed E-state index contributed by atoms with van der Waals surface area (Å²) in [6.07, 6.45) is 1.58. The molecule has 188 valence electrons. The fraction of sp³-hybridized carbons (Fsp3) is 0.250. The number of nitrogens with one attached hydrogen (secondary N) is 3. The molecule has 3 N–H and O–H groups in total. The highest BCUT2D eigenvalue weighted by Gasteiger charge is 2.35. The standard InChI is InChI=1S/C28H26ClN5O3/c29-19-12-18-13-24(28(36)34-10-8-30-9-11-34)37-25(18)21(14-19)20-6-7-31-26-22(20)15-23(33-26)27(35)32-16-17-4-2-1-3-5-17/h1-7,12,14-15,24,30H,8-11,13,16H2,(H,31,33)(H,32,35). The number of pyridine rings is 1. The first-order chi connectivity index (χ1) is 18.1. The Morgan fingerprint density at radius 3 is 2.70 bits per heavy atom. The number of carbonyl (C=O) groups excluding carboxylic acids is 2. The van der Waals surface area contributed by atoms with Crippen LogP contribution in [0.25, 0.3) is 22.2 Å². The first-order valence-electron chi connectivity index (χ1n) is 12.4. The molecule has 2 aromatic heterocycles. The van der Waals surface area contributed by atoms with Crippen LogP contribution in [0.15, 0.2) is 60.8 Å². The Bertz CT molecular complexity index is 1480. The lowest BCUT2D eigenvalue weighted by Crippen LogP contribution is -2.50. The molecule has 8 nitrogen and oxygen atoms in total. The predicted octanol–water partition coefficient (Wildman–Crippen LogP) is 3.55. The quantitative estimate of drug-likeness (QED) is 0.377. The minimum Gasteiger partial charge on any atom is -0.479 e. The van der Waals surface area contributed by atoms with Gasteiger partial charge in [0, 0.05) is 66.9 Å². The third-order valence-corrected chi connectivity index (χ3v) is 7.08. The van der Waals surface area contributed by atoms with E-state index in [-0.39, 0.29) is 11.8 Å². The lowest BCUT2D eigenvalue weighted by molar-refractivity contribution is -0.138. The normalized spacial score (nSPS) is 16.9. The smallest absolute Gasteiger partial charge is 0.268 e. The van der Waals surface area contributed by atoms with E-state index in [1.165, 1.54) is 0 Å². The molecule has 4 heterocycles. The van der Waals surface area contributed by atoms with Crippen LogP contribution in [-0.4, -0.2) is 59.0 Å². The average molecular weight is 516 g/mol. The van der Waals surface area contributed by atoms with Crippen molar-refractivity contribution in [2.24, 2.45) is 0 Å². The van der Waals surface area contributed by atoms with E-state index in [1.807, 2.05) is 53.4 Å². The van der Waals surface area contributed by atoms with Gasteiger partial charge in [0.15, 0.2) is 6.10 Å². The number of amides is 2. The third-order valence-electron chi connectivity index (χ3n) is 6.86. The molecule has 1 atom stereocenters. The van der Waals surface area contributed by atoms with E-state index in [2.05, 4.69) is 20.6 Å². The predicted molar refractivity (Wildman–Crippen MR) is 142 cm³/mol. The molecule has 1 fully saturated rings. The zero-order valence-electron chi connectivity index (χ0n) is 20.1. The van der Waals surface area contributed by atoms with Crippen LogP contribution >= 0.6 is 11.6 Å². The molecule has 0 bridgehead atoms. The number of fused-ring (bicyclic) bond motifs is 2. The molecule has 2 aromatic carbocycles. The van der Waals surface area contributed by atoms with E-state index >= 15 is 0 Å². The van der Waals surface area contributed by atoms with Crippen molar-refractivity contribution in [2.45, 2.75) is 19.1 Å². The Kier molecular flexibility index (Phi) is 6.28. The zero-order valence-corrected chi connectivity index (χ0v) is 20.8. The number of hydrogen-bond acceptors (Lipinski definition) is 5. The maximum atomic E-state index is 13.1. The number of benzene rings is 2. The van der Waals surface area contributed by atoms with Gasteiger partial charge in [0.1, 0.15) is 17.1 Å². The van der Waals surface area contributed by atoms with Crippen LogP contribution in [0.1, 0.15) is 21.6 Å². The molecule has 0 saturated carbocycles. The summed E-state index contributed by atoms with van der Waals surface area (Å²) < 4.78 is 6.27. The highest BCUT2D eigenvalue weighted by molar-refractivity contribution is 6.31. The van der Waals surface area contributed by atoms with Gasteiger partial charge in [-0.25, -0.2) is 4.98 Å². The van der Waals surface area contributed by atoms with Crippen LogP contribution in [0.5, 0.6) is 5.75 Å². The summed E-state index contributed by atoms with van der Waals surface area (Å²) in [5.74, 6) is 0.433. The second-order valence-electron chi connectivity index (χ2n) is 9.30. The van der Waals surface area contributed by atoms with E-state index in [9.17, 15) is 9.59 Å². The van der Waals surface area contributed by atoms with Crippen LogP contribution < -0.4 is 15.4 Å². The molecular formula is C28H26ClN5O3. The van der Waals surface area contributed by atoms with Crippen LogP contribution in [0.4, 0.5) is 0 Å². The number of piperazine rings is 1. The molecule has 2 aliphatic heterocycles. The number of halogens is 1. The second-order valence-corrected chi connectivity index (χ2v) is 9.74. The minimum absolute atomic E-state index is 0.00124. The fourth-order valence-corrected chi connectivity index (χ4v) is 5.25. The van der Waals surface area contributed by atoms with Crippen LogP contribution in [0.2, 0.25) is 5.02 Å². The first kappa shape index (κ1) is 23.5. The summed E-state index contributed by atoms with van der Waals surface area (Å²) in [6, 6.07) is 17.1. The van der Waals surface area contributed by atoms with Gasteiger partial charge < -0.3 is 25.3 Å². The average Bonchev–Trinajstić information content (AvgIpc) is 3.56. The third kappa shape index (κ3) is 4.65. The van der Waals surface area contributed by atoms with Gasteiger partial charge in [-0.05, 0) is 35.4 Å². The first-order valence-corrected chi connectivity index (χ1v) is 12.7. The molecule has 4 aromatic rings. The van der Waals surface area contributed by atoms with Crippen molar-refractivity contribution in [1.82, 2.24) is 25.5 Å². The van der Waals surface area contributed by atoms with Gasteiger partial charge in [-0.15, -0.1) is 0 Å². The highest BCUT2D eigenvalue weighted by atomic mass is 35.5. The van der Waals surface area contributed by atoms with E-state index in [1.54, 1.807) is 12.3 Å². The molecule has 1 saturated heterocycles. The molecule has 0 aliphatic carbocycles. The summed E-state index contributed by atoms with van der Waals surface area (Å²) in [4.78, 5) is 35.4. The number of nitrogens with zero attached hydrogens (tertiary/aromatic N) is 2. The van der Waals surface area contributed by atoms with Gasteiger partial charge in [0.2, 0.25) is 0 Å². The fourth-order valence-electron chi connectivity index (χ4n) is 5.01.